The summed E-state index contributed by atoms with van der Waals surface area (Å²) in [6.07, 6.45) is 8.85. The second-order valence-electron chi connectivity index (χ2n) is 6.98. The fraction of sp³-hybridized carbons (Fsp3) is 0.938. The Bertz CT molecular complexity index is 347. The predicted octanol–water partition coefficient (Wildman–Crippen LogP) is 2.48. The number of hydrogen-bond donors (Lipinski definition) is 2. The van der Waals surface area contributed by atoms with Crippen LogP contribution in [0.25, 0.3) is 0 Å². The van der Waals surface area contributed by atoms with Crippen molar-refractivity contribution < 1.29 is 9.90 Å². The minimum absolute atomic E-state index is 0.405. The first kappa shape index (κ1) is 15.8. The molecular weight excluding hydrogens is 252 g/mol. The average molecular weight is 282 g/mol. The molecule has 20 heavy (non-hydrogen) atoms. The monoisotopic (exact) mass is 282 g/mol. The molecule has 0 aliphatic heterocycles. The summed E-state index contributed by atoms with van der Waals surface area (Å²) in [7, 11) is 4.00. The van der Waals surface area contributed by atoms with E-state index in [9.17, 15) is 9.90 Å². The minimum Gasteiger partial charge on any atom is -0.480 e. The number of carbonyl (C=O) groups is 1. The van der Waals surface area contributed by atoms with E-state index in [0.717, 1.165) is 31.6 Å². The van der Waals surface area contributed by atoms with E-state index in [1.165, 1.54) is 25.7 Å². The van der Waals surface area contributed by atoms with Gasteiger partial charge in [-0.15, -0.1) is 0 Å². The molecule has 4 atom stereocenters. The van der Waals surface area contributed by atoms with Crippen LogP contribution in [0.5, 0.6) is 0 Å². The molecule has 2 rings (SSSR count). The van der Waals surface area contributed by atoms with Gasteiger partial charge in [0.15, 0.2) is 0 Å². The average Bonchev–Trinajstić information content (AvgIpc) is 2.46. The van der Waals surface area contributed by atoms with Crippen molar-refractivity contribution in [2.24, 2.45) is 5.92 Å². The Morgan fingerprint density at radius 2 is 1.95 bits per heavy atom. The number of nitrogens with zero attached hydrogens (tertiary/aromatic N) is 1. The molecule has 0 saturated heterocycles. The van der Waals surface area contributed by atoms with Crippen LogP contribution in [-0.4, -0.2) is 47.7 Å². The standard InChI is InChI=1S/C16H30N2O2/c1-12-6-4-7-13(10-12)18(3)14-8-5-9-16(11-14,17-2)15(19)20/h12-14,17H,4-11H2,1-3H3,(H,19,20). The highest BCUT2D eigenvalue weighted by molar-refractivity contribution is 5.79. The van der Waals surface area contributed by atoms with E-state index in [-0.39, 0.29) is 0 Å². The quantitative estimate of drug-likeness (QED) is 0.832. The van der Waals surface area contributed by atoms with E-state index >= 15 is 0 Å². The first-order valence-corrected chi connectivity index (χ1v) is 8.13. The lowest BCUT2D eigenvalue weighted by Crippen LogP contribution is -2.58. The molecule has 4 heteroatoms. The molecule has 4 unspecified atom stereocenters. The molecule has 0 radical (unpaired) electrons. The normalized spacial score (nSPS) is 38.9. The van der Waals surface area contributed by atoms with Gasteiger partial charge in [-0.1, -0.05) is 19.8 Å². The van der Waals surface area contributed by atoms with E-state index in [2.05, 4.69) is 24.2 Å². The number of rotatable bonds is 4. The second kappa shape index (κ2) is 6.44. The van der Waals surface area contributed by atoms with E-state index in [1.54, 1.807) is 7.05 Å². The summed E-state index contributed by atoms with van der Waals surface area (Å²) in [5.41, 5.74) is -0.711. The van der Waals surface area contributed by atoms with Crippen molar-refractivity contribution in [1.82, 2.24) is 10.2 Å². The molecule has 0 aromatic heterocycles. The highest BCUT2D eigenvalue weighted by Gasteiger charge is 2.43. The van der Waals surface area contributed by atoms with Crippen LogP contribution in [0.1, 0.15) is 58.3 Å². The Hall–Kier alpha value is -0.610. The molecule has 2 fully saturated rings. The molecule has 2 N–H and O–H groups in total. The van der Waals surface area contributed by atoms with Gasteiger partial charge in [0.25, 0.3) is 0 Å². The number of likely N-dealkylation sites (N-methyl/N-ethyl adjacent to an activating group) is 1. The molecule has 0 aromatic carbocycles. The van der Waals surface area contributed by atoms with Gasteiger partial charge in [0.05, 0.1) is 0 Å². The topological polar surface area (TPSA) is 52.6 Å². The summed E-state index contributed by atoms with van der Waals surface area (Å²) in [5.74, 6) is 0.128. The maximum absolute atomic E-state index is 11.6. The van der Waals surface area contributed by atoms with Gasteiger partial charge in [-0.3, -0.25) is 4.79 Å². The largest absolute Gasteiger partial charge is 0.480 e. The Morgan fingerprint density at radius 1 is 1.25 bits per heavy atom. The first-order valence-electron chi connectivity index (χ1n) is 8.13. The maximum Gasteiger partial charge on any atom is 0.323 e. The van der Waals surface area contributed by atoms with Crippen LogP contribution >= 0.6 is 0 Å². The van der Waals surface area contributed by atoms with Crippen LogP contribution < -0.4 is 5.32 Å². The van der Waals surface area contributed by atoms with Crippen molar-refractivity contribution in [3.63, 3.8) is 0 Å². The highest BCUT2D eigenvalue weighted by atomic mass is 16.4. The molecular formula is C16H30N2O2. The van der Waals surface area contributed by atoms with Crippen LogP contribution in [0.4, 0.5) is 0 Å². The molecule has 0 amide bonds. The van der Waals surface area contributed by atoms with E-state index in [0.29, 0.717) is 12.1 Å². The van der Waals surface area contributed by atoms with Crippen LogP contribution in [0.15, 0.2) is 0 Å². The van der Waals surface area contributed by atoms with Crippen molar-refractivity contribution >= 4 is 5.97 Å². The van der Waals surface area contributed by atoms with Crippen LogP contribution in [0, 0.1) is 5.92 Å². The third kappa shape index (κ3) is 3.17. The van der Waals surface area contributed by atoms with Crippen molar-refractivity contribution in [3.05, 3.63) is 0 Å². The number of carboxylic acid groups (broad SMARTS) is 1. The fourth-order valence-electron chi connectivity index (χ4n) is 4.19. The zero-order valence-corrected chi connectivity index (χ0v) is 13.2. The van der Waals surface area contributed by atoms with Gasteiger partial charge in [0.1, 0.15) is 5.54 Å². The molecule has 0 aromatic rings. The van der Waals surface area contributed by atoms with Crippen molar-refractivity contribution in [2.45, 2.75) is 75.9 Å². The van der Waals surface area contributed by atoms with E-state index in [1.807, 2.05) is 0 Å². The van der Waals surface area contributed by atoms with Gasteiger partial charge in [-0.05, 0) is 58.5 Å². The Kier molecular flexibility index (Phi) is 5.08. The molecule has 0 spiro atoms. The summed E-state index contributed by atoms with van der Waals surface area (Å²) in [5, 5.41) is 12.6. The van der Waals surface area contributed by atoms with Gasteiger partial charge < -0.3 is 15.3 Å². The number of carboxylic acids is 1. The summed E-state index contributed by atoms with van der Waals surface area (Å²) >= 11 is 0. The maximum atomic E-state index is 11.6. The lowest BCUT2D eigenvalue weighted by atomic mass is 9.77. The summed E-state index contributed by atoms with van der Waals surface area (Å²) in [6.45, 7) is 2.34. The molecule has 0 bridgehead atoms. The molecule has 2 saturated carbocycles. The molecule has 4 nitrogen and oxygen atoms in total. The van der Waals surface area contributed by atoms with Crippen molar-refractivity contribution in [2.75, 3.05) is 14.1 Å². The Balaban J connectivity index is 2.02. The van der Waals surface area contributed by atoms with E-state index in [4.69, 9.17) is 0 Å². The lowest BCUT2D eigenvalue weighted by Gasteiger charge is -2.45. The minimum atomic E-state index is -0.711. The summed E-state index contributed by atoms with van der Waals surface area (Å²) in [6, 6.07) is 1.05. The predicted molar refractivity (Wildman–Crippen MR) is 80.9 cm³/mol. The number of aliphatic carboxylic acids is 1. The number of nitrogens with one attached hydrogen (secondary N) is 1. The smallest absolute Gasteiger partial charge is 0.323 e. The highest BCUT2D eigenvalue weighted by Crippen LogP contribution is 2.35. The van der Waals surface area contributed by atoms with Crippen molar-refractivity contribution in [1.29, 1.82) is 0 Å². The van der Waals surface area contributed by atoms with Gasteiger partial charge in [-0.2, -0.15) is 0 Å². The Labute approximate surface area is 122 Å². The summed E-state index contributed by atoms with van der Waals surface area (Å²) in [4.78, 5) is 14.1. The second-order valence-corrected chi connectivity index (χ2v) is 6.98. The van der Waals surface area contributed by atoms with Crippen LogP contribution in [0.3, 0.4) is 0 Å². The Morgan fingerprint density at radius 3 is 2.55 bits per heavy atom. The van der Waals surface area contributed by atoms with Crippen molar-refractivity contribution in [3.8, 4) is 0 Å². The van der Waals surface area contributed by atoms with Gasteiger partial charge in [0, 0.05) is 12.1 Å². The first-order chi connectivity index (χ1) is 9.48. The molecule has 116 valence electrons. The zero-order chi connectivity index (χ0) is 14.8. The van der Waals surface area contributed by atoms with Crippen LogP contribution in [0.2, 0.25) is 0 Å². The fourth-order valence-corrected chi connectivity index (χ4v) is 4.19. The van der Waals surface area contributed by atoms with Gasteiger partial charge in [0.2, 0.25) is 0 Å². The lowest BCUT2D eigenvalue weighted by molar-refractivity contribution is -0.147. The van der Waals surface area contributed by atoms with Gasteiger partial charge in [-0.25, -0.2) is 0 Å². The molecule has 2 aliphatic carbocycles. The zero-order valence-electron chi connectivity index (χ0n) is 13.2. The third-order valence-corrected chi connectivity index (χ3v) is 5.67. The summed E-state index contributed by atoms with van der Waals surface area (Å²) < 4.78 is 0. The van der Waals surface area contributed by atoms with E-state index < -0.39 is 11.5 Å². The SMILES string of the molecule is CNC1(C(=O)O)CCCC(N(C)C2CCCC(C)C2)C1. The third-order valence-electron chi connectivity index (χ3n) is 5.67. The van der Waals surface area contributed by atoms with Gasteiger partial charge >= 0.3 is 5.97 Å². The van der Waals surface area contributed by atoms with Crippen LogP contribution in [-0.2, 0) is 4.79 Å². The number of hydrogen-bond acceptors (Lipinski definition) is 3. The molecule has 2 aliphatic rings. The molecule has 0 heterocycles.